The van der Waals surface area contributed by atoms with Crippen molar-refractivity contribution in [3.63, 3.8) is 0 Å². The Hall–Kier alpha value is -0.0900. The molecule has 0 aromatic carbocycles. The van der Waals surface area contributed by atoms with Gasteiger partial charge in [-0.25, -0.2) is 0 Å². The Morgan fingerprint density at radius 1 is 1.40 bits per heavy atom. The van der Waals surface area contributed by atoms with Crippen molar-refractivity contribution in [2.75, 3.05) is 0 Å². The molecule has 2 N–H and O–H groups in total. The molecule has 1 fully saturated rings. The van der Waals surface area contributed by atoms with Crippen LogP contribution in [-0.2, 0) is 4.74 Å². The molecule has 1 aromatic heterocycles. The molecule has 4 atom stereocenters. The van der Waals surface area contributed by atoms with Gasteiger partial charge in [-0.05, 0) is 49.7 Å². The molecule has 1 aliphatic carbocycles. The van der Waals surface area contributed by atoms with Gasteiger partial charge < -0.3 is 10.5 Å². The number of thiophene rings is 1. The summed E-state index contributed by atoms with van der Waals surface area (Å²) in [5.41, 5.74) is 6.49. The lowest BCUT2D eigenvalue weighted by atomic mass is 9.71. The minimum absolute atomic E-state index is 0.0231. The van der Waals surface area contributed by atoms with E-state index in [1.807, 2.05) is 19.1 Å². The largest absolute Gasteiger partial charge is 0.368 e. The molecule has 0 spiro atoms. The summed E-state index contributed by atoms with van der Waals surface area (Å²) >= 11 is 7.62. The highest BCUT2D eigenvalue weighted by atomic mass is 35.5. The van der Waals surface area contributed by atoms with Gasteiger partial charge in [0.1, 0.15) is 6.10 Å². The molecule has 0 amide bonds. The first-order chi connectivity index (χ1) is 9.27. The van der Waals surface area contributed by atoms with Crippen LogP contribution in [-0.4, -0.2) is 12.1 Å². The molecule has 0 bridgehead atoms. The molecular formula is C16H26ClNOS. The van der Waals surface area contributed by atoms with E-state index in [0.29, 0.717) is 17.4 Å². The summed E-state index contributed by atoms with van der Waals surface area (Å²) < 4.78 is 7.18. The van der Waals surface area contributed by atoms with Gasteiger partial charge >= 0.3 is 0 Å². The maximum Gasteiger partial charge on any atom is 0.107 e. The summed E-state index contributed by atoms with van der Waals surface area (Å²) in [4.78, 5) is 1.14. The van der Waals surface area contributed by atoms with Gasteiger partial charge in [-0.15, -0.1) is 11.3 Å². The van der Waals surface area contributed by atoms with E-state index in [4.69, 9.17) is 22.1 Å². The number of ether oxygens (including phenoxy) is 1. The fraction of sp³-hybridized carbons (Fsp3) is 0.750. The van der Waals surface area contributed by atoms with Crippen molar-refractivity contribution in [1.29, 1.82) is 0 Å². The van der Waals surface area contributed by atoms with Gasteiger partial charge in [0.15, 0.2) is 0 Å². The topological polar surface area (TPSA) is 35.2 Å². The highest BCUT2D eigenvalue weighted by Gasteiger charge is 2.34. The quantitative estimate of drug-likeness (QED) is 0.846. The van der Waals surface area contributed by atoms with Gasteiger partial charge in [0.2, 0.25) is 0 Å². The molecule has 1 aliphatic rings. The van der Waals surface area contributed by atoms with Crippen molar-refractivity contribution in [3.05, 3.63) is 21.3 Å². The number of rotatable bonds is 4. The fourth-order valence-corrected chi connectivity index (χ4v) is 4.71. The van der Waals surface area contributed by atoms with Crippen LogP contribution in [0.2, 0.25) is 4.34 Å². The number of hydrogen-bond donors (Lipinski definition) is 1. The molecule has 20 heavy (non-hydrogen) atoms. The monoisotopic (exact) mass is 315 g/mol. The van der Waals surface area contributed by atoms with Crippen LogP contribution in [0.3, 0.4) is 0 Å². The molecular weight excluding hydrogens is 290 g/mol. The molecule has 114 valence electrons. The number of halogens is 1. The first-order valence-corrected chi connectivity index (χ1v) is 8.62. The first kappa shape index (κ1) is 16.3. The summed E-state index contributed by atoms with van der Waals surface area (Å²) in [7, 11) is 0. The molecule has 2 nitrogen and oxygen atoms in total. The molecule has 0 radical (unpaired) electrons. The average Bonchev–Trinajstić information content (AvgIpc) is 2.69. The number of nitrogens with two attached hydrogens (primary N) is 1. The molecule has 0 saturated heterocycles. The smallest absolute Gasteiger partial charge is 0.107 e. The minimum Gasteiger partial charge on any atom is -0.368 e. The van der Waals surface area contributed by atoms with Crippen molar-refractivity contribution in [1.82, 2.24) is 0 Å². The summed E-state index contributed by atoms with van der Waals surface area (Å²) in [5, 5.41) is 0. The van der Waals surface area contributed by atoms with Gasteiger partial charge in [-0.2, -0.15) is 0 Å². The first-order valence-electron chi connectivity index (χ1n) is 7.43. The van der Waals surface area contributed by atoms with Crippen LogP contribution in [0.4, 0.5) is 0 Å². The van der Waals surface area contributed by atoms with Gasteiger partial charge in [0.05, 0.1) is 10.4 Å². The van der Waals surface area contributed by atoms with Crippen molar-refractivity contribution in [3.8, 4) is 0 Å². The number of hydrogen-bond acceptors (Lipinski definition) is 3. The lowest BCUT2D eigenvalue weighted by Crippen LogP contribution is -2.36. The van der Waals surface area contributed by atoms with Crippen LogP contribution in [0.5, 0.6) is 0 Å². The maximum absolute atomic E-state index is 6.39. The molecule has 0 aliphatic heterocycles. The van der Waals surface area contributed by atoms with Gasteiger partial charge in [-0.1, -0.05) is 32.4 Å². The highest BCUT2D eigenvalue weighted by molar-refractivity contribution is 7.16. The zero-order valence-corrected chi connectivity index (χ0v) is 14.4. The molecule has 4 heteroatoms. The van der Waals surface area contributed by atoms with Gasteiger partial charge in [-0.3, -0.25) is 0 Å². The predicted molar refractivity (Wildman–Crippen MR) is 87.4 cm³/mol. The van der Waals surface area contributed by atoms with E-state index in [-0.39, 0.29) is 12.1 Å². The van der Waals surface area contributed by atoms with Gasteiger partial charge in [0.25, 0.3) is 0 Å². The average molecular weight is 316 g/mol. The third-order valence-electron chi connectivity index (χ3n) is 4.04. The zero-order chi connectivity index (χ0) is 14.9. The molecule has 1 aromatic rings. The molecule has 4 unspecified atom stereocenters. The molecule has 1 heterocycles. The lowest BCUT2D eigenvalue weighted by Gasteiger charge is -2.40. The highest BCUT2D eigenvalue weighted by Crippen LogP contribution is 2.42. The van der Waals surface area contributed by atoms with Crippen LogP contribution >= 0.6 is 22.9 Å². The van der Waals surface area contributed by atoms with E-state index < -0.39 is 0 Å². The van der Waals surface area contributed by atoms with E-state index in [1.54, 1.807) is 11.3 Å². The summed E-state index contributed by atoms with van der Waals surface area (Å²) in [5.74, 6) is 0.712. The molecule has 1 saturated carbocycles. The second-order valence-electron chi connectivity index (χ2n) is 7.09. The van der Waals surface area contributed by atoms with Crippen molar-refractivity contribution >= 4 is 22.9 Å². The third-order valence-corrected chi connectivity index (χ3v) is 5.33. The van der Waals surface area contributed by atoms with Crippen molar-refractivity contribution < 1.29 is 4.74 Å². The minimum atomic E-state index is -0.0430. The van der Waals surface area contributed by atoms with E-state index >= 15 is 0 Å². The van der Waals surface area contributed by atoms with Gasteiger partial charge in [0, 0.05) is 10.9 Å². The Morgan fingerprint density at radius 3 is 2.60 bits per heavy atom. The van der Waals surface area contributed by atoms with E-state index in [9.17, 15) is 0 Å². The van der Waals surface area contributed by atoms with E-state index in [0.717, 1.165) is 22.1 Å². The third kappa shape index (κ3) is 4.20. The Labute approximate surface area is 131 Å². The standard InChI is InChI=1S/C16H26ClNOS/c1-10-7-12(9-16(3,4)8-10)19-15(11(2)18)13-5-6-14(17)20-13/h5-6,10-12,15H,7-9,18H2,1-4H3. The van der Waals surface area contributed by atoms with Crippen LogP contribution in [0.25, 0.3) is 0 Å². The van der Waals surface area contributed by atoms with Crippen LogP contribution in [0, 0.1) is 11.3 Å². The molecule has 2 rings (SSSR count). The second-order valence-corrected chi connectivity index (χ2v) is 8.84. The van der Waals surface area contributed by atoms with Crippen LogP contribution < -0.4 is 5.73 Å². The van der Waals surface area contributed by atoms with Crippen LogP contribution in [0.15, 0.2) is 12.1 Å². The normalized spacial score (nSPS) is 29.1. The fourth-order valence-electron chi connectivity index (χ4n) is 3.50. The van der Waals surface area contributed by atoms with Crippen molar-refractivity contribution in [2.45, 2.75) is 65.2 Å². The Morgan fingerprint density at radius 2 is 2.10 bits per heavy atom. The Kier molecular flexibility index (Phi) is 5.17. The Balaban J connectivity index is 2.08. The second kappa shape index (κ2) is 6.35. The summed E-state index contributed by atoms with van der Waals surface area (Å²) in [6, 6.07) is 3.94. The summed E-state index contributed by atoms with van der Waals surface area (Å²) in [6.07, 6.45) is 3.77. The zero-order valence-electron chi connectivity index (χ0n) is 12.9. The SMILES string of the molecule is CC1CC(OC(c2ccc(Cl)s2)C(C)N)CC(C)(C)C1. The maximum atomic E-state index is 6.39. The van der Waals surface area contributed by atoms with E-state index in [2.05, 4.69) is 20.8 Å². The lowest BCUT2D eigenvalue weighted by molar-refractivity contribution is -0.0725. The predicted octanol–water partition coefficient (Wildman–Crippen LogP) is 5.02. The van der Waals surface area contributed by atoms with E-state index in [1.165, 1.54) is 6.42 Å². The van der Waals surface area contributed by atoms with Crippen LogP contribution in [0.1, 0.15) is 57.9 Å². The Bertz CT molecular complexity index is 443. The van der Waals surface area contributed by atoms with Crippen molar-refractivity contribution in [2.24, 2.45) is 17.1 Å². The summed E-state index contributed by atoms with van der Waals surface area (Å²) in [6.45, 7) is 9.00.